The van der Waals surface area contributed by atoms with Gasteiger partial charge in [0.1, 0.15) is 0 Å². The summed E-state index contributed by atoms with van der Waals surface area (Å²) < 4.78 is 1.85. The van der Waals surface area contributed by atoms with Gasteiger partial charge in [0, 0.05) is 11.6 Å². The average molecular weight is 150 g/mol. The van der Waals surface area contributed by atoms with Crippen molar-refractivity contribution in [1.29, 1.82) is 5.41 Å². The van der Waals surface area contributed by atoms with Crippen molar-refractivity contribution in [1.82, 2.24) is 4.40 Å². The second kappa shape index (κ2) is 1.95. The zero-order valence-electron chi connectivity index (χ0n) is 5.24. The summed E-state index contributed by atoms with van der Waals surface area (Å²) in [5.74, 6) is 0. The Bertz CT molecular complexity index is 399. The molecule has 0 unspecified atom stereocenters. The first kappa shape index (κ1) is 5.68. The van der Waals surface area contributed by atoms with Gasteiger partial charge in [0.05, 0.1) is 5.52 Å². The van der Waals surface area contributed by atoms with Gasteiger partial charge in [-0.1, -0.05) is 6.07 Å². The summed E-state index contributed by atoms with van der Waals surface area (Å²) >= 11 is 1.45. The van der Waals surface area contributed by atoms with E-state index in [4.69, 9.17) is 5.41 Å². The minimum absolute atomic E-state index is 0.579. The number of pyridine rings is 1. The summed E-state index contributed by atoms with van der Waals surface area (Å²) in [7, 11) is 0. The van der Waals surface area contributed by atoms with Crippen LogP contribution in [0.1, 0.15) is 0 Å². The molecular weight excluding hydrogens is 144 g/mol. The van der Waals surface area contributed by atoms with E-state index in [0.717, 1.165) is 5.52 Å². The first-order valence-corrected chi connectivity index (χ1v) is 3.85. The van der Waals surface area contributed by atoms with Crippen molar-refractivity contribution < 1.29 is 0 Å². The highest BCUT2D eigenvalue weighted by Gasteiger charge is 1.90. The molecule has 0 bridgehead atoms. The molecule has 0 spiro atoms. The van der Waals surface area contributed by atoms with Gasteiger partial charge in [-0.25, -0.2) is 0 Å². The largest absolute Gasteiger partial charge is 0.293 e. The third-order valence-corrected chi connectivity index (χ3v) is 2.18. The van der Waals surface area contributed by atoms with Gasteiger partial charge in [-0.15, -0.1) is 11.3 Å². The third-order valence-electron chi connectivity index (χ3n) is 1.40. The Morgan fingerprint density at radius 1 is 1.40 bits per heavy atom. The van der Waals surface area contributed by atoms with Crippen LogP contribution in [0.15, 0.2) is 29.8 Å². The van der Waals surface area contributed by atoms with Crippen LogP contribution >= 0.6 is 11.3 Å². The number of hydrogen-bond acceptors (Lipinski definition) is 2. The molecule has 0 aliphatic carbocycles. The lowest BCUT2D eigenvalue weighted by Gasteiger charge is -1.88. The van der Waals surface area contributed by atoms with Gasteiger partial charge < -0.3 is 0 Å². The summed E-state index contributed by atoms with van der Waals surface area (Å²) in [4.78, 5) is 0.579. The summed E-state index contributed by atoms with van der Waals surface area (Å²) in [6.07, 6.45) is 1.90. The summed E-state index contributed by atoms with van der Waals surface area (Å²) in [5.41, 5.74) is 1.09. The van der Waals surface area contributed by atoms with Crippen molar-refractivity contribution in [3.05, 3.63) is 34.6 Å². The van der Waals surface area contributed by atoms with Gasteiger partial charge in [-0.3, -0.25) is 9.81 Å². The average Bonchev–Trinajstić information content (AvgIpc) is 2.34. The Morgan fingerprint density at radius 3 is 3.10 bits per heavy atom. The fourth-order valence-corrected chi connectivity index (χ4v) is 1.61. The zero-order chi connectivity index (χ0) is 6.97. The highest BCUT2D eigenvalue weighted by Crippen LogP contribution is 2.01. The lowest BCUT2D eigenvalue weighted by atomic mass is 10.4. The van der Waals surface area contributed by atoms with E-state index in [-0.39, 0.29) is 0 Å². The molecule has 0 atom stereocenters. The Labute approximate surface area is 61.9 Å². The van der Waals surface area contributed by atoms with Gasteiger partial charge in [0.25, 0.3) is 0 Å². The molecule has 10 heavy (non-hydrogen) atoms. The number of nitrogens with one attached hydrogen (secondary N) is 1. The zero-order valence-corrected chi connectivity index (χ0v) is 6.06. The minimum Gasteiger partial charge on any atom is -0.293 e. The fourth-order valence-electron chi connectivity index (χ4n) is 0.910. The molecule has 2 rings (SSSR count). The maximum absolute atomic E-state index is 7.43. The van der Waals surface area contributed by atoms with E-state index >= 15 is 0 Å². The molecule has 0 fully saturated rings. The molecule has 0 saturated heterocycles. The number of nitrogens with zero attached hydrogens (tertiary/aromatic N) is 1. The van der Waals surface area contributed by atoms with Crippen LogP contribution in [0.4, 0.5) is 0 Å². The standard InChI is InChI=1S/C7H6N2S/c8-7-9-4-2-1-3-6(9)5-10-7/h1-5,8H. The van der Waals surface area contributed by atoms with E-state index in [1.807, 2.05) is 34.2 Å². The first-order valence-electron chi connectivity index (χ1n) is 2.97. The second-order valence-electron chi connectivity index (χ2n) is 2.04. The van der Waals surface area contributed by atoms with Crippen molar-refractivity contribution in [2.24, 2.45) is 0 Å². The maximum Gasteiger partial charge on any atom is 0.186 e. The lowest BCUT2D eigenvalue weighted by Crippen LogP contribution is -2.01. The highest BCUT2D eigenvalue weighted by atomic mass is 32.1. The molecule has 2 nitrogen and oxygen atoms in total. The van der Waals surface area contributed by atoms with Crippen LogP contribution in [0.5, 0.6) is 0 Å². The third kappa shape index (κ3) is 0.675. The monoisotopic (exact) mass is 150 g/mol. The molecule has 2 heterocycles. The molecule has 2 aromatic heterocycles. The first-order chi connectivity index (χ1) is 4.88. The summed E-state index contributed by atoms with van der Waals surface area (Å²) in [6, 6.07) is 5.90. The molecule has 50 valence electrons. The fraction of sp³-hybridized carbons (Fsp3) is 0. The van der Waals surface area contributed by atoms with Crippen molar-refractivity contribution in [3.8, 4) is 0 Å². The Morgan fingerprint density at radius 2 is 2.30 bits per heavy atom. The highest BCUT2D eigenvalue weighted by molar-refractivity contribution is 7.07. The molecule has 1 N–H and O–H groups in total. The number of hydrogen-bond donors (Lipinski definition) is 1. The van der Waals surface area contributed by atoms with Crippen molar-refractivity contribution in [2.75, 3.05) is 0 Å². The van der Waals surface area contributed by atoms with Crippen molar-refractivity contribution >= 4 is 16.9 Å². The maximum atomic E-state index is 7.43. The Hall–Kier alpha value is -1.09. The molecule has 0 aliphatic heterocycles. The minimum atomic E-state index is 0.579. The predicted octanol–water partition coefficient (Wildman–Crippen LogP) is 1.48. The molecule has 0 saturated carbocycles. The Balaban J connectivity index is 3.07. The van der Waals surface area contributed by atoms with Crippen molar-refractivity contribution in [2.45, 2.75) is 0 Å². The topological polar surface area (TPSA) is 28.3 Å². The normalized spacial score (nSPS) is 10.4. The van der Waals surface area contributed by atoms with Crippen LogP contribution in [0.25, 0.3) is 5.52 Å². The van der Waals surface area contributed by atoms with E-state index < -0.39 is 0 Å². The van der Waals surface area contributed by atoms with Crippen LogP contribution in [-0.2, 0) is 0 Å². The van der Waals surface area contributed by atoms with E-state index in [1.165, 1.54) is 11.3 Å². The number of fused-ring (bicyclic) bond motifs is 1. The van der Waals surface area contributed by atoms with E-state index in [0.29, 0.717) is 4.80 Å². The van der Waals surface area contributed by atoms with Gasteiger partial charge >= 0.3 is 0 Å². The quantitative estimate of drug-likeness (QED) is 0.589. The van der Waals surface area contributed by atoms with Gasteiger partial charge in [0.15, 0.2) is 4.80 Å². The van der Waals surface area contributed by atoms with Gasteiger partial charge in [-0.05, 0) is 12.1 Å². The molecule has 0 aromatic carbocycles. The summed E-state index contributed by atoms with van der Waals surface area (Å²) in [5, 5.41) is 9.40. The van der Waals surface area contributed by atoms with Crippen molar-refractivity contribution in [3.63, 3.8) is 0 Å². The van der Waals surface area contributed by atoms with E-state index in [1.54, 1.807) is 0 Å². The van der Waals surface area contributed by atoms with E-state index in [2.05, 4.69) is 0 Å². The molecule has 0 amide bonds. The molecule has 0 radical (unpaired) electrons. The molecule has 3 heteroatoms. The van der Waals surface area contributed by atoms with Crippen LogP contribution in [0.2, 0.25) is 0 Å². The van der Waals surface area contributed by atoms with Crippen LogP contribution in [0, 0.1) is 5.41 Å². The molecule has 0 aliphatic rings. The number of rotatable bonds is 0. The number of thiazole rings is 1. The number of aromatic nitrogens is 1. The van der Waals surface area contributed by atoms with Crippen LogP contribution in [0.3, 0.4) is 0 Å². The lowest BCUT2D eigenvalue weighted by molar-refractivity contribution is 1.07. The molecule has 2 aromatic rings. The smallest absolute Gasteiger partial charge is 0.186 e. The van der Waals surface area contributed by atoms with Crippen LogP contribution < -0.4 is 4.80 Å². The SMILES string of the molecule is N=c1scc2ccccn12. The Kier molecular flexibility index (Phi) is 1.11. The van der Waals surface area contributed by atoms with Gasteiger partial charge in [-0.2, -0.15) is 0 Å². The second-order valence-corrected chi connectivity index (χ2v) is 2.89. The van der Waals surface area contributed by atoms with E-state index in [9.17, 15) is 0 Å². The molecular formula is C7H6N2S. The van der Waals surface area contributed by atoms with Crippen LogP contribution in [-0.4, -0.2) is 4.40 Å². The predicted molar refractivity (Wildman–Crippen MR) is 41.1 cm³/mol. The van der Waals surface area contributed by atoms with Gasteiger partial charge in [0.2, 0.25) is 0 Å². The summed E-state index contributed by atoms with van der Waals surface area (Å²) in [6.45, 7) is 0.